The molecule has 126 valence electrons. The Balaban J connectivity index is 2.03. The molecule has 0 amide bonds. The number of nitrogens with zero attached hydrogens (tertiary/aromatic N) is 4. The average Bonchev–Trinajstić information content (AvgIpc) is 2.88. The number of hydrogen-bond donors (Lipinski definition) is 1. The second-order valence-electron chi connectivity index (χ2n) is 5.65. The summed E-state index contributed by atoms with van der Waals surface area (Å²) in [6.07, 6.45) is 1.13. The molecule has 0 saturated heterocycles. The smallest absolute Gasteiger partial charge is 0.273 e. The Labute approximate surface area is 138 Å². The molecule has 3 aromatic rings. The maximum atomic E-state index is 12.2. The van der Waals surface area contributed by atoms with Crippen molar-refractivity contribution in [2.24, 2.45) is 0 Å². The molecule has 0 atom stereocenters. The number of benzene rings is 1. The van der Waals surface area contributed by atoms with E-state index in [1.807, 2.05) is 19.1 Å². The molecule has 0 fully saturated rings. The van der Waals surface area contributed by atoms with E-state index < -0.39 is 10.0 Å². The van der Waals surface area contributed by atoms with Gasteiger partial charge in [-0.1, -0.05) is 17.7 Å². The third-order valence-corrected chi connectivity index (χ3v) is 4.66. The van der Waals surface area contributed by atoms with E-state index in [0.29, 0.717) is 17.2 Å². The molecule has 0 spiro atoms. The fourth-order valence-corrected chi connectivity index (χ4v) is 3.22. The van der Waals surface area contributed by atoms with Gasteiger partial charge >= 0.3 is 0 Å². The lowest BCUT2D eigenvalue weighted by molar-refractivity contribution is 0.595. The first-order chi connectivity index (χ1) is 11.2. The van der Waals surface area contributed by atoms with Crippen molar-refractivity contribution in [2.45, 2.75) is 20.4 Å². The molecule has 2 heterocycles. The lowest BCUT2D eigenvalue weighted by Crippen LogP contribution is -2.29. The van der Waals surface area contributed by atoms with Gasteiger partial charge in [0.15, 0.2) is 0 Å². The van der Waals surface area contributed by atoms with Gasteiger partial charge in [0.25, 0.3) is 11.3 Å². The SMILES string of the molecule is Cc1ccc(N(Cc2nc3nc(C)cc(=O)n3[nH]2)S(C)(=O)=O)cc1. The number of sulfonamides is 1. The second kappa shape index (κ2) is 5.75. The van der Waals surface area contributed by atoms with E-state index >= 15 is 0 Å². The monoisotopic (exact) mass is 347 g/mol. The van der Waals surface area contributed by atoms with Crippen molar-refractivity contribution in [2.75, 3.05) is 10.6 Å². The molecule has 24 heavy (non-hydrogen) atoms. The molecular formula is C15H17N5O3S. The van der Waals surface area contributed by atoms with Gasteiger partial charge in [0, 0.05) is 11.8 Å². The van der Waals surface area contributed by atoms with Crippen molar-refractivity contribution in [1.29, 1.82) is 0 Å². The highest BCUT2D eigenvalue weighted by Gasteiger charge is 2.20. The Kier molecular flexibility index (Phi) is 3.88. The van der Waals surface area contributed by atoms with Crippen molar-refractivity contribution in [3.63, 3.8) is 0 Å². The summed E-state index contributed by atoms with van der Waals surface area (Å²) >= 11 is 0. The largest absolute Gasteiger partial charge is 0.274 e. The molecule has 0 aliphatic heterocycles. The van der Waals surface area contributed by atoms with Crippen LogP contribution in [0, 0.1) is 13.8 Å². The van der Waals surface area contributed by atoms with E-state index in [2.05, 4.69) is 15.1 Å². The average molecular weight is 347 g/mol. The molecule has 8 nitrogen and oxygen atoms in total. The van der Waals surface area contributed by atoms with Crippen LogP contribution in [0.1, 0.15) is 17.1 Å². The lowest BCUT2D eigenvalue weighted by Gasteiger charge is -2.21. The van der Waals surface area contributed by atoms with Gasteiger partial charge in [-0.15, -0.1) is 0 Å². The normalized spacial score (nSPS) is 11.8. The van der Waals surface area contributed by atoms with Gasteiger partial charge in [-0.2, -0.15) is 9.50 Å². The molecule has 0 radical (unpaired) electrons. The molecule has 0 bridgehead atoms. The van der Waals surface area contributed by atoms with Crippen LogP contribution in [0.4, 0.5) is 5.69 Å². The first-order valence-electron chi connectivity index (χ1n) is 7.24. The minimum atomic E-state index is -3.52. The van der Waals surface area contributed by atoms with Crippen LogP contribution in [0.25, 0.3) is 5.78 Å². The Morgan fingerprint density at radius 1 is 1.17 bits per heavy atom. The molecule has 3 rings (SSSR count). The van der Waals surface area contributed by atoms with Crippen molar-refractivity contribution in [3.05, 3.63) is 57.8 Å². The summed E-state index contributed by atoms with van der Waals surface area (Å²) in [6.45, 7) is 3.60. The minimum absolute atomic E-state index is 0.0241. The van der Waals surface area contributed by atoms with E-state index in [1.165, 1.54) is 14.9 Å². The highest BCUT2D eigenvalue weighted by atomic mass is 32.2. The maximum absolute atomic E-state index is 12.2. The number of H-pyrrole nitrogens is 1. The van der Waals surface area contributed by atoms with E-state index in [1.54, 1.807) is 19.1 Å². The summed E-state index contributed by atoms with van der Waals surface area (Å²) in [5.41, 5.74) is 1.82. The van der Waals surface area contributed by atoms with E-state index in [-0.39, 0.29) is 17.9 Å². The second-order valence-corrected chi connectivity index (χ2v) is 7.55. The summed E-state index contributed by atoms with van der Waals surface area (Å²) in [4.78, 5) is 20.3. The number of anilines is 1. The van der Waals surface area contributed by atoms with Gasteiger partial charge in [-0.25, -0.2) is 13.4 Å². The molecule has 0 aliphatic rings. The lowest BCUT2D eigenvalue weighted by atomic mass is 10.2. The standard InChI is InChI=1S/C15H17N5O3S/c1-10-4-6-12(7-5-10)19(24(3,22)23)9-13-17-15-16-11(2)8-14(21)20(15)18-13/h4-8H,9H2,1-3H3,(H,16,17,18). The molecule has 1 aromatic carbocycles. The van der Waals surface area contributed by atoms with Crippen LogP contribution in [0.3, 0.4) is 0 Å². The molecule has 0 unspecified atom stereocenters. The first kappa shape index (κ1) is 16.2. The van der Waals surface area contributed by atoms with Crippen molar-refractivity contribution in [1.82, 2.24) is 19.6 Å². The predicted molar refractivity (Wildman–Crippen MR) is 90.6 cm³/mol. The van der Waals surface area contributed by atoms with Gasteiger partial charge in [0.2, 0.25) is 10.0 Å². The fraction of sp³-hybridized carbons (Fsp3) is 0.267. The van der Waals surface area contributed by atoms with Gasteiger partial charge < -0.3 is 0 Å². The van der Waals surface area contributed by atoms with E-state index in [0.717, 1.165) is 11.8 Å². The topological polar surface area (TPSA) is 100 Å². The molecule has 1 N–H and O–H groups in total. The zero-order valence-electron chi connectivity index (χ0n) is 13.5. The number of fused-ring (bicyclic) bond motifs is 1. The Bertz CT molecular complexity index is 1050. The van der Waals surface area contributed by atoms with Crippen LogP contribution in [-0.4, -0.2) is 34.3 Å². The van der Waals surface area contributed by atoms with Crippen molar-refractivity contribution in [3.8, 4) is 0 Å². The summed E-state index contributed by atoms with van der Waals surface area (Å²) in [6, 6.07) is 8.51. The van der Waals surface area contributed by atoms with E-state index in [4.69, 9.17) is 0 Å². The van der Waals surface area contributed by atoms with Crippen molar-refractivity contribution >= 4 is 21.5 Å². The fourth-order valence-electron chi connectivity index (χ4n) is 2.35. The summed E-state index contributed by atoms with van der Waals surface area (Å²) in [5.74, 6) is 0.545. The number of rotatable bonds is 4. The number of aryl methyl sites for hydroxylation is 2. The number of aromatic amines is 1. The Hall–Kier alpha value is -2.68. The van der Waals surface area contributed by atoms with Crippen molar-refractivity contribution < 1.29 is 8.42 Å². The number of nitrogens with one attached hydrogen (secondary N) is 1. The zero-order valence-corrected chi connectivity index (χ0v) is 14.3. The van der Waals surface area contributed by atoms with Crippen LogP contribution in [-0.2, 0) is 16.6 Å². The summed E-state index contributed by atoms with van der Waals surface area (Å²) in [5, 5.41) is 2.80. The number of hydrogen-bond acceptors (Lipinski definition) is 5. The third-order valence-electron chi connectivity index (χ3n) is 3.52. The van der Waals surface area contributed by atoms with E-state index in [9.17, 15) is 13.2 Å². The quantitative estimate of drug-likeness (QED) is 0.759. The van der Waals surface area contributed by atoms with Gasteiger partial charge in [0.1, 0.15) is 5.82 Å². The van der Waals surface area contributed by atoms with Crippen LogP contribution in [0.5, 0.6) is 0 Å². The van der Waals surface area contributed by atoms with Crippen LogP contribution in [0.15, 0.2) is 35.1 Å². The molecule has 2 aromatic heterocycles. The minimum Gasteiger partial charge on any atom is -0.273 e. The maximum Gasteiger partial charge on any atom is 0.274 e. The summed E-state index contributed by atoms with van der Waals surface area (Å²) in [7, 11) is -3.52. The predicted octanol–water partition coefficient (Wildman–Crippen LogP) is 1.00. The Morgan fingerprint density at radius 2 is 1.83 bits per heavy atom. The summed E-state index contributed by atoms with van der Waals surface area (Å²) < 4.78 is 26.7. The molecule has 0 saturated carbocycles. The van der Waals surface area contributed by atoms with Gasteiger partial charge in [-0.05, 0) is 26.0 Å². The third kappa shape index (κ3) is 3.16. The Morgan fingerprint density at radius 3 is 2.46 bits per heavy atom. The van der Waals surface area contributed by atoms with Crippen LogP contribution >= 0.6 is 0 Å². The molecule has 0 aliphatic carbocycles. The zero-order chi connectivity index (χ0) is 17.5. The van der Waals surface area contributed by atoms with Gasteiger partial charge in [0.05, 0.1) is 18.5 Å². The van der Waals surface area contributed by atoms with Crippen LogP contribution in [0.2, 0.25) is 0 Å². The molecule has 9 heteroatoms. The van der Waals surface area contributed by atoms with Crippen LogP contribution < -0.4 is 9.86 Å². The van der Waals surface area contributed by atoms with Gasteiger partial charge in [-0.3, -0.25) is 14.2 Å². The number of aromatic nitrogens is 4. The highest BCUT2D eigenvalue weighted by molar-refractivity contribution is 7.92. The molecular weight excluding hydrogens is 330 g/mol. The highest BCUT2D eigenvalue weighted by Crippen LogP contribution is 2.20. The first-order valence-corrected chi connectivity index (χ1v) is 9.08.